The lowest BCUT2D eigenvalue weighted by Crippen LogP contribution is -2.42. The zero-order valence-corrected chi connectivity index (χ0v) is 25.1. The van der Waals surface area contributed by atoms with Crippen LogP contribution in [0.15, 0.2) is 84.9 Å². The predicted octanol–water partition coefficient (Wildman–Crippen LogP) is 6.16. The summed E-state index contributed by atoms with van der Waals surface area (Å²) in [4.78, 5) is 37.6. The number of alkyl carbamates (subject to hydrolysis) is 1. The lowest BCUT2D eigenvalue weighted by Gasteiger charge is -2.19. The third-order valence-electron chi connectivity index (χ3n) is 6.03. The van der Waals surface area contributed by atoms with Crippen molar-refractivity contribution < 1.29 is 33.3 Å². The molecule has 0 spiro atoms. The molecule has 0 aromatic heterocycles. The van der Waals surface area contributed by atoms with Gasteiger partial charge in [0, 0.05) is 12.3 Å². The lowest BCUT2D eigenvalue weighted by molar-refractivity contribution is -0.147. The molecule has 0 bridgehead atoms. The van der Waals surface area contributed by atoms with Crippen molar-refractivity contribution in [3.63, 3.8) is 0 Å². The van der Waals surface area contributed by atoms with E-state index >= 15 is 0 Å². The number of hydrogen-bond donors (Lipinski definition) is 1. The number of esters is 2. The summed E-state index contributed by atoms with van der Waals surface area (Å²) in [5.41, 5.74) is 3.32. The quantitative estimate of drug-likeness (QED) is 0.132. The number of rotatable bonds is 10. The highest BCUT2D eigenvalue weighted by Gasteiger charge is 2.25. The Labute approximate surface area is 253 Å². The summed E-state index contributed by atoms with van der Waals surface area (Å²) >= 11 is 0. The molecule has 43 heavy (non-hydrogen) atoms. The average Bonchev–Trinajstić information content (AvgIpc) is 2.98. The van der Waals surface area contributed by atoms with Crippen LogP contribution in [0.2, 0.25) is 0 Å². The standard InChI is InChI=1S/C35H37NO7/c1-25-21-29(41-23-26-13-8-6-9-14-26)19-20-30(25)28(17-12-18-32(37)43-35(2,3)4)22-31(33(38)40-5)36-34(39)42-24-27-15-10-7-11-16-27/h6-11,13-17,19-21,31H,22-24H2,1-5H3,(H,36,39)/b28-17-/t31-/m0/s1. The smallest absolute Gasteiger partial charge is 0.408 e. The number of carbonyl (C=O) groups is 3. The van der Waals surface area contributed by atoms with Gasteiger partial charge in [-0.25, -0.2) is 14.4 Å². The van der Waals surface area contributed by atoms with E-state index in [4.69, 9.17) is 18.9 Å². The van der Waals surface area contributed by atoms with Crippen molar-refractivity contribution in [2.75, 3.05) is 7.11 Å². The molecule has 0 fully saturated rings. The molecule has 0 saturated carbocycles. The highest BCUT2D eigenvalue weighted by molar-refractivity contribution is 5.90. The predicted molar refractivity (Wildman–Crippen MR) is 164 cm³/mol. The molecular weight excluding hydrogens is 546 g/mol. The summed E-state index contributed by atoms with van der Waals surface area (Å²) in [6, 6.07) is 23.4. The molecule has 1 atom stereocenters. The van der Waals surface area contributed by atoms with Crippen molar-refractivity contribution in [3.8, 4) is 17.6 Å². The van der Waals surface area contributed by atoms with Crippen LogP contribution in [0.5, 0.6) is 5.75 Å². The van der Waals surface area contributed by atoms with Crippen LogP contribution in [-0.2, 0) is 37.0 Å². The Morgan fingerprint density at radius 2 is 1.53 bits per heavy atom. The van der Waals surface area contributed by atoms with Gasteiger partial charge in [0.25, 0.3) is 0 Å². The molecule has 0 aliphatic rings. The van der Waals surface area contributed by atoms with Gasteiger partial charge in [-0.1, -0.05) is 72.7 Å². The fourth-order valence-corrected chi connectivity index (χ4v) is 4.02. The number of amides is 1. The maximum atomic E-state index is 12.7. The second kappa shape index (κ2) is 15.8. The molecule has 0 radical (unpaired) electrons. The van der Waals surface area contributed by atoms with Gasteiger partial charge in [0.05, 0.1) is 7.11 Å². The first-order valence-corrected chi connectivity index (χ1v) is 13.8. The summed E-state index contributed by atoms with van der Waals surface area (Å²) in [7, 11) is 1.24. The largest absolute Gasteiger partial charge is 0.489 e. The van der Waals surface area contributed by atoms with Crippen molar-refractivity contribution in [1.29, 1.82) is 0 Å². The number of methoxy groups -OCH3 is 1. The van der Waals surface area contributed by atoms with Gasteiger partial charge >= 0.3 is 18.0 Å². The second-order valence-electron chi connectivity index (χ2n) is 10.7. The third-order valence-corrected chi connectivity index (χ3v) is 6.03. The number of carbonyl (C=O) groups excluding carboxylic acids is 3. The zero-order valence-electron chi connectivity index (χ0n) is 25.1. The lowest BCUT2D eigenvalue weighted by atomic mass is 9.94. The van der Waals surface area contributed by atoms with Crippen LogP contribution < -0.4 is 10.1 Å². The average molecular weight is 584 g/mol. The number of allylic oxidation sites excluding steroid dienone is 1. The van der Waals surface area contributed by atoms with Crippen LogP contribution in [0.25, 0.3) is 5.57 Å². The van der Waals surface area contributed by atoms with Crippen molar-refractivity contribution >= 4 is 23.6 Å². The van der Waals surface area contributed by atoms with E-state index in [1.165, 1.54) is 13.2 Å². The van der Waals surface area contributed by atoms with Crippen LogP contribution >= 0.6 is 0 Å². The minimum absolute atomic E-state index is 0.0150. The normalized spacial score (nSPS) is 11.8. The van der Waals surface area contributed by atoms with Crippen molar-refractivity contribution in [2.45, 2.75) is 59.0 Å². The Morgan fingerprint density at radius 1 is 0.907 bits per heavy atom. The third kappa shape index (κ3) is 11.4. The van der Waals surface area contributed by atoms with Crippen LogP contribution in [0.3, 0.4) is 0 Å². The van der Waals surface area contributed by atoms with E-state index in [9.17, 15) is 14.4 Å². The number of hydrogen-bond acceptors (Lipinski definition) is 7. The number of aryl methyl sites for hydroxylation is 1. The molecule has 8 nitrogen and oxygen atoms in total. The van der Waals surface area contributed by atoms with Crippen molar-refractivity contribution in [2.24, 2.45) is 0 Å². The van der Waals surface area contributed by atoms with E-state index in [0.717, 1.165) is 22.3 Å². The van der Waals surface area contributed by atoms with Crippen LogP contribution in [0.4, 0.5) is 4.79 Å². The van der Waals surface area contributed by atoms with E-state index in [-0.39, 0.29) is 13.0 Å². The molecule has 0 aliphatic heterocycles. The topological polar surface area (TPSA) is 100 Å². The van der Waals surface area contributed by atoms with Crippen molar-refractivity contribution in [1.82, 2.24) is 5.32 Å². The van der Waals surface area contributed by atoms with Gasteiger partial charge in [-0.15, -0.1) is 0 Å². The summed E-state index contributed by atoms with van der Waals surface area (Å²) in [6.45, 7) is 7.60. The molecule has 3 aromatic rings. The molecule has 0 unspecified atom stereocenters. The highest BCUT2D eigenvalue weighted by atomic mass is 16.6. The molecule has 0 aliphatic carbocycles. The summed E-state index contributed by atoms with van der Waals surface area (Å²) in [5, 5.41) is 2.60. The second-order valence-corrected chi connectivity index (χ2v) is 10.7. The van der Waals surface area contributed by atoms with Gasteiger partial charge in [0.15, 0.2) is 0 Å². The molecule has 3 aromatic carbocycles. The Morgan fingerprint density at radius 3 is 2.12 bits per heavy atom. The molecule has 3 rings (SSSR count). The molecule has 8 heteroatoms. The van der Waals surface area contributed by atoms with Gasteiger partial charge in [-0.05, 0) is 73.7 Å². The summed E-state index contributed by atoms with van der Waals surface area (Å²) < 4.78 is 21.5. The molecular formula is C35H37NO7. The van der Waals surface area contributed by atoms with Gasteiger partial charge in [0.2, 0.25) is 0 Å². The van der Waals surface area contributed by atoms with E-state index in [2.05, 4.69) is 17.2 Å². The van der Waals surface area contributed by atoms with E-state index in [1.807, 2.05) is 85.8 Å². The van der Waals surface area contributed by atoms with Gasteiger partial charge < -0.3 is 24.3 Å². The molecule has 224 valence electrons. The fourth-order valence-electron chi connectivity index (χ4n) is 4.02. The highest BCUT2D eigenvalue weighted by Crippen LogP contribution is 2.27. The van der Waals surface area contributed by atoms with Crippen molar-refractivity contribution in [3.05, 3.63) is 107 Å². The van der Waals surface area contributed by atoms with E-state index in [0.29, 0.717) is 17.9 Å². The number of benzene rings is 3. The van der Waals surface area contributed by atoms with Gasteiger partial charge in [0.1, 0.15) is 30.6 Å². The molecule has 1 amide bonds. The maximum absolute atomic E-state index is 12.7. The first kappa shape index (κ1) is 32.5. The fraction of sp³-hybridized carbons (Fsp3) is 0.286. The Balaban J connectivity index is 1.84. The Kier molecular flexibility index (Phi) is 12.0. The van der Waals surface area contributed by atoms with E-state index < -0.39 is 29.7 Å². The zero-order chi connectivity index (χ0) is 31.2. The summed E-state index contributed by atoms with van der Waals surface area (Å²) in [6.07, 6.45) is 0.769. The Hall–Kier alpha value is -5.03. The molecule has 1 N–H and O–H groups in total. The van der Waals surface area contributed by atoms with Crippen LogP contribution in [0.1, 0.15) is 49.4 Å². The van der Waals surface area contributed by atoms with Crippen LogP contribution in [-0.4, -0.2) is 36.8 Å². The maximum Gasteiger partial charge on any atom is 0.408 e. The molecule has 0 saturated heterocycles. The molecule has 0 heterocycles. The SMILES string of the molecule is COC(=O)[C@H](C/C(=C/C#CC(=O)OC(C)(C)C)c1ccc(OCc2ccccc2)cc1C)NC(=O)OCc1ccccc1. The monoisotopic (exact) mass is 583 g/mol. The number of nitrogens with one attached hydrogen (secondary N) is 1. The van der Waals surface area contributed by atoms with Gasteiger partial charge in [-0.3, -0.25) is 0 Å². The summed E-state index contributed by atoms with van der Waals surface area (Å²) in [5.74, 6) is 4.52. The number of ether oxygens (including phenoxy) is 4. The Bertz CT molecular complexity index is 1480. The van der Waals surface area contributed by atoms with Gasteiger partial charge in [-0.2, -0.15) is 0 Å². The van der Waals surface area contributed by atoms with Crippen LogP contribution in [0, 0.1) is 18.8 Å². The minimum Gasteiger partial charge on any atom is -0.489 e. The first-order chi connectivity index (χ1) is 20.5. The van der Waals surface area contributed by atoms with E-state index in [1.54, 1.807) is 20.8 Å². The first-order valence-electron chi connectivity index (χ1n) is 13.8. The minimum atomic E-state index is -1.09.